The zero-order valence-corrected chi connectivity index (χ0v) is 12.2. The second-order valence-electron chi connectivity index (χ2n) is 5.96. The van der Waals surface area contributed by atoms with Crippen molar-refractivity contribution in [3.8, 4) is 0 Å². The van der Waals surface area contributed by atoms with Crippen LogP contribution in [0.3, 0.4) is 0 Å². The smallest absolute Gasteiger partial charge is 0.0754 e. The number of aryl methyl sites for hydroxylation is 1. The second-order valence-corrected chi connectivity index (χ2v) is 5.96. The monoisotopic (exact) mass is 281 g/mol. The molecule has 0 bridgehead atoms. The molecule has 5 rings (SSSR count). The molecule has 104 valence electrons. The highest BCUT2D eigenvalue weighted by Gasteiger charge is 2.15. The van der Waals surface area contributed by atoms with Crippen molar-refractivity contribution in [1.82, 2.24) is 4.98 Å². The van der Waals surface area contributed by atoms with E-state index in [0.717, 1.165) is 18.4 Å². The third-order valence-electron chi connectivity index (χ3n) is 4.69. The topological polar surface area (TPSA) is 12.9 Å². The van der Waals surface area contributed by atoms with Gasteiger partial charge in [0.1, 0.15) is 0 Å². The molecule has 1 nitrogen and oxygen atoms in total. The largest absolute Gasteiger partial charge is 0.247 e. The number of aromatic nitrogens is 1. The summed E-state index contributed by atoms with van der Waals surface area (Å²) in [6, 6.07) is 19.4. The zero-order valence-electron chi connectivity index (χ0n) is 12.2. The van der Waals surface area contributed by atoms with E-state index < -0.39 is 0 Å². The molecule has 0 atom stereocenters. The third-order valence-corrected chi connectivity index (χ3v) is 4.69. The minimum absolute atomic E-state index is 1.08. The lowest BCUT2D eigenvalue weighted by molar-refractivity contribution is 0.996. The number of allylic oxidation sites excluding steroid dienone is 1. The first-order valence-electron chi connectivity index (χ1n) is 7.81. The molecule has 1 aliphatic carbocycles. The fraction of sp³-hybridized carbons (Fsp3) is 0.0952. The van der Waals surface area contributed by atoms with Crippen LogP contribution >= 0.6 is 0 Å². The molecule has 22 heavy (non-hydrogen) atoms. The van der Waals surface area contributed by atoms with E-state index in [2.05, 4.69) is 66.7 Å². The number of nitrogens with zero attached hydrogens (tertiary/aromatic N) is 1. The summed E-state index contributed by atoms with van der Waals surface area (Å²) in [6.07, 6.45) is 6.74. The van der Waals surface area contributed by atoms with Gasteiger partial charge in [-0.2, -0.15) is 0 Å². The Morgan fingerprint density at radius 1 is 0.818 bits per heavy atom. The highest BCUT2D eigenvalue weighted by atomic mass is 14.7. The summed E-state index contributed by atoms with van der Waals surface area (Å²) in [5.41, 5.74) is 5.03. The van der Waals surface area contributed by atoms with Crippen molar-refractivity contribution >= 4 is 38.7 Å². The molecule has 0 amide bonds. The molecule has 1 aromatic heterocycles. The summed E-state index contributed by atoms with van der Waals surface area (Å²) < 4.78 is 0. The van der Waals surface area contributed by atoms with E-state index in [1.807, 2.05) is 0 Å². The molecule has 0 aliphatic heterocycles. The highest BCUT2D eigenvalue weighted by Crippen LogP contribution is 2.36. The van der Waals surface area contributed by atoms with Gasteiger partial charge in [-0.05, 0) is 46.9 Å². The maximum Gasteiger partial charge on any atom is 0.0754 e. The fourth-order valence-electron chi connectivity index (χ4n) is 3.67. The highest BCUT2D eigenvalue weighted by molar-refractivity contribution is 6.14. The number of hydrogen-bond donors (Lipinski definition) is 0. The standard InChI is InChI=1S/C21H15N/c1-6-12-20-14(7-1)13-19-17-10-3-2-8-15(17)16-9-4-5-11-18(16)21(19)22-20/h1-4,6-10,12-13H,5,11H2. The minimum atomic E-state index is 1.08. The maximum absolute atomic E-state index is 5.01. The number of hydrogen-bond acceptors (Lipinski definition) is 1. The Balaban J connectivity index is 2.09. The van der Waals surface area contributed by atoms with Crippen molar-refractivity contribution in [2.45, 2.75) is 12.8 Å². The Morgan fingerprint density at radius 2 is 1.64 bits per heavy atom. The molecule has 3 aromatic carbocycles. The molecular formula is C21H15N. The number of para-hydroxylation sites is 1. The van der Waals surface area contributed by atoms with E-state index in [4.69, 9.17) is 4.98 Å². The van der Waals surface area contributed by atoms with Crippen LogP contribution < -0.4 is 0 Å². The van der Waals surface area contributed by atoms with Crippen LogP contribution in [-0.2, 0) is 6.42 Å². The van der Waals surface area contributed by atoms with Gasteiger partial charge in [0.2, 0.25) is 0 Å². The zero-order chi connectivity index (χ0) is 14.5. The summed E-state index contributed by atoms with van der Waals surface area (Å²) in [7, 11) is 0. The minimum Gasteiger partial charge on any atom is -0.247 e. The Kier molecular flexibility index (Phi) is 2.39. The Hall–Kier alpha value is -2.67. The van der Waals surface area contributed by atoms with Crippen LogP contribution in [0.4, 0.5) is 0 Å². The van der Waals surface area contributed by atoms with E-state index in [1.54, 1.807) is 0 Å². The average molecular weight is 281 g/mol. The van der Waals surface area contributed by atoms with Crippen molar-refractivity contribution in [2.24, 2.45) is 0 Å². The molecule has 0 spiro atoms. The van der Waals surface area contributed by atoms with Crippen molar-refractivity contribution in [3.05, 3.63) is 71.8 Å². The molecule has 0 saturated carbocycles. The fourth-order valence-corrected chi connectivity index (χ4v) is 3.67. The lowest BCUT2D eigenvalue weighted by atomic mass is 9.88. The predicted molar refractivity (Wildman–Crippen MR) is 94.1 cm³/mol. The summed E-state index contributed by atoms with van der Waals surface area (Å²) in [5, 5.41) is 5.15. The number of fused-ring (bicyclic) bond motifs is 7. The van der Waals surface area contributed by atoms with Gasteiger partial charge in [-0.3, -0.25) is 0 Å². The first-order chi connectivity index (χ1) is 10.9. The van der Waals surface area contributed by atoms with Gasteiger partial charge in [0.15, 0.2) is 0 Å². The molecule has 1 heteroatoms. The van der Waals surface area contributed by atoms with Gasteiger partial charge in [-0.15, -0.1) is 0 Å². The Morgan fingerprint density at radius 3 is 2.59 bits per heavy atom. The van der Waals surface area contributed by atoms with Crippen molar-refractivity contribution < 1.29 is 0 Å². The van der Waals surface area contributed by atoms with Gasteiger partial charge in [0, 0.05) is 10.8 Å². The van der Waals surface area contributed by atoms with Gasteiger partial charge in [0.25, 0.3) is 0 Å². The lowest BCUT2D eigenvalue weighted by Crippen LogP contribution is -1.99. The maximum atomic E-state index is 5.01. The molecule has 0 N–H and O–H groups in total. The van der Waals surface area contributed by atoms with Crippen LogP contribution in [0.1, 0.15) is 17.5 Å². The predicted octanol–water partition coefficient (Wildman–Crippen LogP) is 5.50. The van der Waals surface area contributed by atoms with Gasteiger partial charge in [0.05, 0.1) is 11.0 Å². The molecule has 0 radical (unpaired) electrons. The normalized spacial score (nSPS) is 13.8. The van der Waals surface area contributed by atoms with Crippen molar-refractivity contribution in [1.29, 1.82) is 0 Å². The lowest BCUT2D eigenvalue weighted by Gasteiger charge is -2.17. The second kappa shape index (κ2) is 4.41. The van der Waals surface area contributed by atoms with Crippen LogP contribution in [0.15, 0.2) is 60.7 Å². The van der Waals surface area contributed by atoms with Gasteiger partial charge in [-0.25, -0.2) is 4.98 Å². The van der Waals surface area contributed by atoms with E-state index in [1.165, 1.54) is 38.2 Å². The number of pyridine rings is 1. The Bertz CT molecular complexity index is 1070. The first kappa shape index (κ1) is 11.9. The summed E-state index contributed by atoms with van der Waals surface area (Å²) in [4.78, 5) is 5.01. The van der Waals surface area contributed by atoms with E-state index in [9.17, 15) is 0 Å². The number of rotatable bonds is 0. The third kappa shape index (κ3) is 1.57. The van der Waals surface area contributed by atoms with Crippen molar-refractivity contribution in [2.75, 3.05) is 0 Å². The van der Waals surface area contributed by atoms with Gasteiger partial charge < -0.3 is 0 Å². The van der Waals surface area contributed by atoms with Gasteiger partial charge in [-0.1, -0.05) is 54.6 Å². The van der Waals surface area contributed by atoms with E-state index >= 15 is 0 Å². The Labute approximate surface area is 128 Å². The van der Waals surface area contributed by atoms with Crippen molar-refractivity contribution in [3.63, 3.8) is 0 Å². The first-order valence-corrected chi connectivity index (χ1v) is 7.81. The molecule has 0 fully saturated rings. The van der Waals surface area contributed by atoms with Crippen LogP contribution in [-0.4, -0.2) is 4.98 Å². The molecule has 4 aromatic rings. The van der Waals surface area contributed by atoms with Crippen LogP contribution in [0.25, 0.3) is 38.7 Å². The summed E-state index contributed by atoms with van der Waals surface area (Å²) >= 11 is 0. The molecule has 0 unspecified atom stereocenters. The molecular weight excluding hydrogens is 266 g/mol. The summed E-state index contributed by atoms with van der Waals surface area (Å²) in [5.74, 6) is 0. The van der Waals surface area contributed by atoms with Crippen LogP contribution in [0.2, 0.25) is 0 Å². The molecule has 0 saturated heterocycles. The number of benzene rings is 3. The molecule has 1 heterocycles. The van der Waals surface area contributed by atoms with E-state index in [-0.39, 0.29) is 0 Å². The quantitative estimate of drug-likeness (QED) is 0.306. The van der Waals surface area contributed by atoms with E-state index in [0.29, 0.717) is 0 Å². The van der Waals surface area contributed by atoms with Crippen LogP contribution in [0.5, 0.6) is 0 Å². The SMILES string of the molecule is C1=Cc2c(c3nc4ccccc4cc3c3ccccc23)CC1. The molecule has 1 aliphatic rings. The van der Waals surface area contributed by atoms with Crippen LogP contribution in [0, 0.1) is 0 Å². The average Bonchev–Trinajstić information content (AvgIpc) is 2.61. The van der Waals surface area contributed by atoms with Gasteiger partial charge >= 0.3 is 0 Å². The summed E-state index contributed by atoms with van der Waals surface area (Å²) in [6.45, 7) is 0.